The van der Waals surface area contributed by atoms with Gasteiger partial charge in [0.25, 0.3) is 0 Å². The summed E-state index contributed by atoms with van der Waals surface area (Å²) < 4.78 is 42.9. The van der Waals surface area contributed by atoms with E-state index in [4.69, 9.17) is 0 Å². The molecule has 1 aromatic rings. The molecular weight excluding hydrogens is 297 g/mol. The fraction of sp³-hybridized carbons (Fsp3) is 0.545. The minimum atomic E-state index is -4.78. The lowest BCUT2D eigenvalue weighted by molar-refractivity contribution is -0.141. The molecule has 0 spiro atoms. The van der Waals surface area contributed by atoms with Crippen molar-refractivity contribution >= 4 is 28.3 Å². The van der Waals surface area contributed by atoms with Gasteiger partial charge in [-0.1, -0.05) is 11.3 Å². The molecule has 2 rings (SSSR count). The number of thiazole rings is 1. The van der Waals surface area contributed by atoms with Crippen molar-refractivity contribution in [1.29, 1.82) is 0 Å². The van der Waals surface area contributed by atoms with E-state index in [1.165, 1.54) is 6.92 Å². The molecule has 1 heterocycles. The first-order valence-corrected chi connectivity index (χ1v) is 6.70. The largest absolute Gasteiger partial charge is 0.462 e. The Kier molecular flexibility index (Phi) is 3.98. The Morgan fingerprint density at radius 3 is 2.60 bits per heavy atom. The predicted octanol–water partition coefficient (Wildman–Crippen LogP) is 2.69. The average molecular weight is 308 g/mol. The Hall–Kier alpha value is -1.64. The third-order valence-corrected chi connectivity index (χ3v) is 3.49. The van der Waals surface area contributed by atoms with Gasteiger partial charge in [0, 0.05) is 5.92 Å². The normalized spacial score (nSPS) is 15.0. The van der Waals surface area contributed by atoms with Crippen molar-refractivity contribution in [3.63, 3.8) is 0 Å². The van der Waals surface area contributed by atoms with Crippen LogP contribution in [0.5, 0.6) is 0 Å². The first-order valence-electron chi connectivity index (χ1n) is 5.89. The summed E-state index contributed by atoms with van der Waals surface area (Å²) in [5.74, 6) is -1.63. The molecule has 0 atom stereocenters. The fourth-order valence-electron chi connectivity index (χ4n) is 1.45. The van der Waals surface area contributed by atoms with Crippen LogP contribution in [-0.2, 0) is 15.7 Å². The summed E-state index contributed by atoms with van der Waals surface area (Å²) in [6, 6.07) is 0. The molecule has 0 aromatic carbocycles. The van der Waals surface area contributed by atoms with Crippen LogP contribution in [0, 0.1) is 5.92 Å². The van der Waals surface area contributed by atoms with Gasteiger partial charge in [-0.25, -0.2) is 9.78 Å². The van der Waals surface area contributed by atoms with E-state index in [2.05, 4.69) is 15.0 Å². The highest BCUT2D eigenvalue weighted by Crippen LogP contribution is 2.37. The Morgan fingerprint density at radius 1 is 1.45 bits per heavy atom. The molecule has 1 amide bonds. The monoisotopic (exact) mass is 308 g/mol. The van der Waals surface area contributed by atoms with Gasteiger partial charge >= 0.3 is 12.1 Å². The van der Waals surface area contributed by atoms with Crippen molar-refractivity contribution in [2.75, 3.05) is 11.9 Å². The van der Waals surface area contributed by atoms with E-state index >= 15 is 0 Å². The molecule has 0 radical (unpaired) electrons. The van der Waals surface area contributed by atoms with Gasteiger partial charge in [-0.15, -0.1) is 0 Å². The first kappa shape index (κ1) is 14.8. The molecule has 0 aliphatic heterocycles. The number of esters is 1. The molecule has 1 fully saturated rings. The molecule has 1 aromatic heterocycles. The lowest BCUT2D eigenvalue weighted by Crippen LogP contribution is -2.15. The van der Waals surface area contributed by atoms with Crippen LogP contribution in [0.15, 0.2) is 0 Å². The van der Waals surface area contributed by atoms with Gasteiger partial charge in [0.1, 0.15) is 4.88 Å². The number of aromatic nitrogens is 1. The van der Waals surface area contributed by atoms with Gasteiger partial charge in [-0.05, 0) is 19.8 Å². The highest BCUT2D eigenvalue weighted by atomic mass is 32.1. The average Bonchev–Trinajstić information content (AvgIpc) is 3.09. The van der Waals surface area contributed by atoms with Crippen molar-refractivity contribution < 1.29 is 27.5 Å². The first-order chi connectivity index (χ1) is 9.32. The molecule has 5 nitrogen and oxygen atoms in total. The number of alkyl halides is 3. The van der Waals surface area contributed by atoms with Crippen LogP contribution in [0.2, 0.25) is 0 Å². The summed E-state index contributed by atoms with van der Waals surface area (Å²) >= 11 is 0.470. The van der Waals surface area contributed by atoms with E-state index in [-0.39, 0.29) is 23.6 Å². The summed E-state index contributed by atoms with van der Waals surface area (Å²) in [7, 11) is 0. The van der Waals surface area contributed by atoms with Gasteiger partial charge in [-0.3, -0.25) is 4.79 Å². The minimum absolute atomic E-state index is 0.0439. The molecule has 1 saturated carbocycles. The molecule has 110 valence electrons. The van der Waals surface area contributed by atoms with E-state index in [1.54, 1.807) is 0 Å². The standard InChI is InChI=1S/C11H11F3N2O3S/c1-2-19-9(18)6-7(11(12,13)14)15-10(20-6)16-8(17)5-3-4-5/h5H,2-4H2,1H3,(H,15,16,17). The van der Waals surface area contributed by atoms with Crippen LogP contribution in [0.4, 0.5) is 18.3 Å². The van der Waals surface area contributed by atoms with E-state index in [0.29, 0.717) is 24.2 Å². The Morgan fingerprint density at radius 2 is 2.10 bits per heavy atom. The fourth-order valence-corrected chi connectivity index (χ4v) is 2.34. The number of carbonyl (C=O) groups is 2. The molecular formula is C11H11F3N2O3S. The molecule has 1 aliphatic carbocycles. The third-order valence-electron chi connectivity index (χ3n) is 2.53. The summed E-state index contributed by atoms with van der Waals surface area (Å²) in [6.45, 7) is 1.44. The zero-order chi connectivity index (χ0) is 14.9. The van der Waals surface area contributed by atoms with Gasteiger partial charge in [-0.2, -0.15) is 13.2 Å². The van der Waals surface area contributed by atoms with Crippen LogP contribution in [0.3, 0.4) is 0 Å². The zero-order valence-electron chi connectivity index (χ0n) is 10.4. The summed E-state index contributed by atoms with van der Waals surface area (Å²) in [6.07, 6.45) is -3.34. The highest BCUT2D eigenvalue weighted by molar-refractivity contribution is 7.17. The molecule has 0 unspecified atom stereocenters. The maximum Gasteiger partial charge on any atom is 0.435 e. The number of rotatable bonds is 4. The number of anilines is 1. The Balaban J connectivity index is 2.26. The smallest absolute Gasteiger partial charge is 0.435 e. The number of hydrogen-bond acceptors (Lipinski definition) is 5. The van der Waals surface area contributed by atoms with Gasteiger partial charge < -0.3 is 10.1 Å². The quantitative estimate of drug-likeness (QED) is 0.868. The zero-order valence-corrected chi connectivity index (χ0v) is 11.2. The predicted molar refractivity (Wildman–Crippen MR) is 64.4 cm³/mol. The molecule has 9 heteroatoms. The van der Waals surface area contributed by atoms with Crippen molar-refractivity contribution in [2.45, 2.75) is 25.9 Å². The lowest BCUT2D eigenvalue weighted by Gasteiger charge is -2.04. The van der Waals surface area contributed by atoms with Crippen LogP contribution in [-0.4, -0.2) is 23.5 Å². The number of nitrogens with one attached hydrogen (secondary N) is 1. The van der Waals surface area contributed by atoms with Crippen molar-refractivity contribution in [1.82, 2.24) is 4.98 Å². The van der Waals surface area contributed by atoms with Gasteiger partial charge in [0.05, 0.1) is 6.61 Å². The SMILES string of the molecule is CCOC(=O)c1sc(NC(=O)C2CC2)nc1C(F)(F)F. The topological polar surface area (TPSA) is 68.3 Å². The number of hydrogen-bond donors (Lipinski definition) is 1. The molecule has 20 heavy (non-hydrogen) atoms. The van der Waals surface area contributed by atoms with Crippen molar-refractivity contribution in [3.8, 4) is 0 Å². The minimum Gasteiger partial charge on any atom is -0.462 e. The number of halogens is 3. The Bertz CT molecular complexity index is 538. The Labute approximate surface area is 116 Å². The number of carbonyl (C=O) groups excluding carboxylic acids is 2. The lowest BCUT2D eigenvalue weighted by atomic mass is 10.3. The molecule has 1 aliphatic rings. The van der Waals surface area contributed by atoms with Crippen LogP contribution < -0.4 is 5.32 Å². The third kappa shape index (κ3) is 3.27. The van der Waals surface area contributed by atoms with Gasteiger partial charge in [0.15, 0.2) is 10.8 Å². The summed E-state index contributed by atoms with van der Waals surface area (Å²) in [5, 5.41) is 2.06. The van der Waals surface area contributed by atoms with Crippen molar-refractivity contribution in [3.05, 3.63) is 10.6 Å². The van der Waals surface area contributed by atoms with Gasteiger partial charge in [0.2, 0.25) is 5.91 Å². The number of amides is 1. The molecule has 0 saturated heterocycles. The summed E-state index contributed by atoms with van der Waals surface area (Å²) in [4.78, 5) is 25.6. The van der Waals surface area contributed by atoms with Crippen molar-refractivity contribution in [2.24, 2.45) is 5.92 Å². The summed E-state index contributed by atoms with van der Waals surface area (Å²) in [5.41, 5.74) is -1.33. The number of ether oxygens (including phenoxy) is 1. The second-order valence-electron chi connectivity index (χ2n) is 4.18. The van der Waals surface area contributed by atoms with E-state index in [0.717, 1.165) is 0 Å². The number of nitrogens with zero attached hydrogens (tertiary/aromatic N) is 1. The molecule has 1 N–H and O–H groups in total. The van der Waals surface area contributed by atoms with Crippen LogP contribution in [0.1, 0.15) is 35.1 Å². The second kappa shape index (κ2) is 5.39. The maximum absolute atomic E-state index is 12.8. The van der Waals surface area contributed by atoms with Crippen LogP contribution >= 0.6 is 11.3 Å². The highest BCUT2D eigenvalue weighted by Gasteiger charge is 2.41. The second-order valence-corrected chi connectivity index (χ2v) is 5.18. The van der Waals surface area contributed by atoms with E-state index < -0.39 is 22.7 Å². The van der Waals surface area contributed by atoms with E-state index in [9.17, 15) is 22.8 Å². The maximum atomic E-state index is 12.8. The van der Waals surface area contributed by atoms with Crippen LogP contribution in [0.25, 0.3) is 0 Å². The molecule has 0 bridgehead atoms. The van der Waals surface area contributed by atoms with E-state index in [1.807, 2.05) is 0 Å².